The molecule has 2 aromatic carbocycles. The smallest absolute Gasteiger partial charge is 0.255 e. The van der Waals surface area contributed by atoms with Crippen molar-refractivity contribution in [1.29, 1.82) is 5.26 Å². The van der Waals surface area contributed by atoms with E-state index in [1.54, 1.807) is 24.3 Å². The normalized spacial score (nSPS) is 15.8. The minimum Gasteiger partial charge on any atom is -0.322 e. The third-order valence-corrected chi connectivity index (χ3v) is 8.66. The molecular formula is C37H51N4O+. The van der Waals surface area contributed by atoms with Crippen LogP contribution in [0, 0.1) is 36.0 Å². The minimum atomic E-state index is -0.201. The van der Waals surface area contributed by atoms with E-state index in [2.05, 4.69) is 94.3 Å². The van der Waals surface area contributed by atoms with Gasteiger partial charge in [0.15, 0.2) is 0 Å². The Morgan fingerprint density at radius 2 is 1.88 bits per heavy atom. The van der Waals surface area contributed by atoms with E-state index < -0.39 is 0 Å². The molecule has 2 N–H and O–H groups in total. The summed E-state index contributed by atoms with van der Waals surface area (Å²) in [6.07, 6.45) is 12.6. The molecular weight excluding hydrogens is 516 g/mol. The Kier molecular flexibility index (Phi) is 12.6. The first-order valence-corrected chi connectivity index (χ1v) is 15.8. The topological polar surface area (TPSA) is 67.9 Å². The molecule has 42 heavy (non-hydrogen) atoms. The summed E-state index contributed by atoms with van der Waals surface area (Å²) in [4.78, 5) is 13.1. The third kappa shape index (κ3) is 8.92. The first-order valence-electron chi connectivity index (χ1n) is 15.8. The number of amidine groups is 1. The van der Waals surface area contributed by atoms with Crippen LogP contribution in [0.1, 0.15) is 107 Å². The monoisotopic (exact) mass is 567 g/mol. The van der Waals surface area contributed by atoms with Gasteiger partial charge in [-0.25, -0.2) is 4.58 Å². The quantitative estimate of drug-likeness (QED) is 0.224. The van der Waals surface area contributed by atoms with Crippen LogP contribution in [0.3, 0.4) is 0 Å². The maximum absolute atomic E-state index is 13.1. The van der Waals surface area contributed by atoms with Gasteiger partial charge in [-0.1, -0.05) is 58.7 Å². The summed E-state index contributed by atoms with van der Waals surface area (Å²) < 4.78 is 2.28. The Hall–Kier alpha value is -3.65. The molecule has 2 aromatic rings. The molecule has 0 bridgehead atoms. The molecule has 0 fully saturated rings. The van der Waals surface area contributed by atoms with Crippen LogP contribution < -0.4 is 10.6 Å². The molecule has 0 saturated heterocycles. The number of carbonyl (C=O) groups is 1. The standard InChI is InChI=1S/C37H50N4O/c1-8-12-31(18-17-30(10-3)36-39-24-27(5)25-41(36)7)34(20-15-26(4)9-2)35-22-33(19-16-28(35)6)40-37(42)32-14-11-13-29(21-32)23-38/h11,13-14,16,19-22,25-26,30-31H,8-10,12,15,17-18,24H2,1-7H3,(H,40,42)/p+1. The lowest BCUT2D eigenvalue weighted by molar-refractivity contribution is -0.430. The fourth-order valence-electron chi connectivity index (χ4n) is 5.91. The van der Waals surface area contributed by atoms with Crippen molar-refractivity contribution >= 4 is 23.0 Å². The second-order valence-corrected chi connectivity index (χ2v) is 12.1. The van der Waals surface area contributed by atoms with Crippen molar-refractivity contribution in [2.75, 3.05) is 18.9 Å². The van der Waals surface area contributed by atoms with Gasteiger partial charge < -0.3 is 5.32 Å². The van der Waals surface area contributed by atoms with E-state index in [4.69, 9.17) is 0 Å². The van der Waals surface area contributed by atoms with Crippen LogP contribution in [-0.4, -0.2) is 29.9 Å². The van der Waals surface area contributed by atoms with Gasteiger partial charge in [-0.3, -0.25) is 10.1 Å². The predicted molar refractivity (Wildman–Crippen MR) is 177 cm³/mol. The molecule has 3 atom stereocenters. The van der Waals surface area contributed by atoms with Gasteiger partial charge in [0.1, 0.15) is 6.54 Å². The number of hydrogen-bond acceptors (Lipinski definition) is 3. The average molecular weight is 568 g/mol. The van der Waals surface area contributed by atoms with Gasteiger partial charge in [0.25, 0.3) is 11.7 Å². The lowest BCUT2D eigenvalue weighted by Gasteiger charge is -2.26. The first kappa shape index (κ1) is 32.9. The molecule has 3 unspecified atom stereocenters. The summed E-state index contributed by atoms with van der Waals surface area (Å²) in [6.45, 7) is 14.5. The maximum atomic E-state index is 13.1. The molecule has 0 radical (unpaired) electrons. The van der Waals surface area contributed by atoms with E-state index in [-0.39, 0.29) is 5.91 Å². The predicted octanol–water partition coefficient (Wildman–Crippen LogP) is 8.71. The Morgan fingerprint density at radius 3 is 2.55 bits per heavy atom. The fourth-order valence-corrected chi connectivity index (χ4v) is 5.91. The molecule has 1 aliphatic heterocycles. The largest absolute Gasteiger partial charge is 0.322 e. The van der Waals surface area contributed by atoms with E-state index in [0.717, 1.165) is 57.2 Å². The summed E-state index contributed by atoms with van der Waals surface area (Å²) in [7, 11) is 2.16. The molecule has 1 amide bonds. The lowest BCUT2D eigenvalue weighted by atomic mass is 9.80. The fraction of sp³-hybridized carbons (Fsp3) is 0.486. The van der Waals surface area contributed by atoms with E-state index in [1.165, 1.54) is 28.1 Å². The molecule has 224 valence electrons. The van der Waals surface area contributed by atoms with Crippen LogP contribution >= 0.6 is 0 Å². The van der Waals surface area contributed by atoms with Crippen LogP contribution in [0.25, 0.3) is 5.57 Å². The Bertz CT molecular complexity index is 1360. The zero-order valence-electron chi connectivity index (χ0n) is 26.9. The Morgan fingerprint density at radius 1 is 1.10 bits per heavy atom. The lowest BCUT2D eigenvalue weighted by Crippen LogP contribution is -2.40. The van der Waals surface area contributed by atoms with Crippen molar-refractivity contribution in [2.24, 2.45) is 17.8 Å². The molecule has 0 aromatic heterocycles. The maximum Gasteiger partial charge on any atom is 0.255 e. The van der Waals surface area contributed by atoms with Crippen molar-refractivity contribution in [3.8, 4) is 6.07 Å². The number of nitriles is 1. The number of hydrogen-bond donors (Lipinski definition) is 2. The second kappa shape index (κ2) is 16.1. The molecule has 5 nitrogen and oxygen atoms in total. The summed E-state index contributed by atoms with van der Waals surface area (Å²) >= 11 is 0. The van der Waals surface area contributed by atoms with E-state index >= 15 is 0 Å². The van der Waals surface area contributed by atoms with Gasteiger partial charge >= 0.3 is 0 Å². The highest BCUT2D eigenvalue weighted by Crippen LogP contribution is 2.36. The Balaban J connectivity index is 1.93. The van der Waals surface area contributed by atoms with Crippen LogP contribution in [0.2, 0.25) is 0 Å². The average Bonchev–Trinajstić information content (AvgIpc) is 2.99. The highest BCUT2D eigenvalue weighted by atomic mass is 16.1. The zero-order valence-corrected chi connectivity index (χ0v) is 26.9. The second-order valence-electron chi connectivity index (χ2n) is 12.1. The SMILES string of the molecule is CCCC(CCC(CC)C1=[N+](C)C=C(C)CN1)C(=CCC(C)CC)c1cc(NC(=O)c2cccc(C#N)c2)ccc1C. The Labute approximate surface area is 254 Å². The van der Waals surface area contributed by atoms with E-state index in [9.17, 15) is 10.1 Å². The number of benzene rings is 2. The summed E-state index contributed by atoms with van der Waals surface area (Å²) in [5.41, 5.74) is 6.98. The van der Waals surface area contributed by atoms with Crippen molar-refractivity contribution in [3.63, 3.8) is 0 Å². The zero-order chi connectivity index (χ0) is 30.6. The van der Waals surface area contributed by atoms with Gasteiger partial charge in [0, 0.05) is 16.8 Å². The molecule has 0 aliphatic carbocycles. The number of carbonyl (C=O) groups excluding carboxylic acids is 1. The van der Waals surface area contributed by atoms with Gasteiger partial charge in [-0.05, 0) is 105 Å². The molecule has 1 aliphatic rings. The number of nitrogens with one attached hydrogen (secondary N) is 2. The number of anilines is 1. The summed E-state index contributed by atoms with van der Waals surface area (Å²) in [5.74, 6) is 2.69. The van der Waals surface area contributed by atoms with Gasteiger partial charge in [-0.15, -0.1) is 0 Å². The number of aryl methyl sites for hydroxylation is 1. The highest BCUT2D eigenvalue weighted by molar-refractivity contribution is 6.04. The van der Waals surface area contributed by atoms with Crippen LogP contribution in [-0.2, 0) is 0 Å². The highest BCUT2D eigenvalue weighted by Gasteiger charge is 2.27. The van der Waals surface area contributed by atoms with Crippen molar-refractivity contribution in [2.45, 2.75) is 86.5 Å². The number of nitrogens with zero attached hydrogens (tertiary/aromatic N) is 2. The van der Waals surface area contributed by atoms with Gasteiger partial charge in [0.05, 0.1) is 30.8 Å². The van der Waals surface area contributed by atoms with Gasteiger partial charge in [0.2, 0.25) is 0 Å². The van der Waals surface area contributed by atoms with E-state index in [1.807, 2.05) is 6.07 Å². The van der Waals surface area contributed by atoms with E-state index in [0.29, 0.717) is 28.9 Å². The van der Waals surface area contributed by atoms with Crippen LogP contribution in [0.5, 0.6) is 0 Å². The molecule has 3 rings (SSSR count). The number of rotatable bonds is 14. The summed E-state index contributed by atoms with van der Waals surface area (Å²) in [6, 6.07) is 15.2. The van der Waals surface area contributed by atoms with Crippen LogP contribution in [0.4, 0.5) is 5.69 Å². The van der Waals surface area contributed by atoms with Crippen LogP contribution in [0.15, 0.2) is 60.3 Å². The number of allylic oxidation sites excluding steroid dienone is 2. The van der Waals surface area contributed by atoms with Gasteiger partial charge in [-0.2, -0.15) is 5.26 Å². The minimum absolute atomic E-state index is 0.201. The summed E-state index contributed by atoms with van der Waals surface area (Å²) in [5, 5.41) is 16.0. The molecule has 1 heterocycles. The third-order valence-electron chi connectivity index (χ3n) is 8.66. The van der Waals surface area contributed by atoms with Crippen molar-refractivity contribution in [1.82, 2.24) is 5.32 Å². The number of amides is 1. The first-order chi connectivity index (χ1) is 20.2. The molecule has 5 heteroatoms. The molecule has 0 spiro atoms. The van der Waals surface area contributed by atoms with Crippen molar-refractivity contribution < 1.29 is 9.37 Å². The molecule has 0 saturated carbocycles. The van der Waals surface area contributed by atoms with Crippen molar-refractivity contribution in [3.05, 3.63) is 82.6 Å².